The van der Waals surface area contributed by atoms with Gasteiger partial charge in [0, 0.05) is 18.0 Å². The molecule has 0 aromatic carbocycles. The van der Waals surface area contributed by atoms with Gasteiger partial charge in [0.05, 0.1) is 6.61 Å². The highest BCUT2D eigenvalue weighted by Gasteiger charge is 2.42. The lowest BCUT2D eigenvalue weighted by molar-refractivity contribution is 0.217. The Morgan fingerprint density at radius 3 is 2.64 bits per heavy atom. The molecule has 0 saturated heterocycles. The van der Waals surface area contributed by atoms with Crippen molar-refractivity contribution < 1.29 is 10.3 Å². The minimum Gasteiger partial charge on any atom is -0.409 e. The quantitative estimate of drug-likeness (QED) is 0.211. The summed E-state index contributed by atoms with van der Waals surface area (Å²) in [6, 6.07) is 0.181. The molecule has 1 rings (SSSR count). The number of oxime groups is 1. The van der Waals surface area contributed by atoms with E-state index in [1.54, 1.807) is 0 Å². The summed E-state index contributed by atoms with van der Waals surface area (Å²) in [5.41, 5.74) is 5.34. The van der Waals surface area contributed by atoms with Crippen LogP contribution in [-0.4, -0.2) is 34.3 Å². The molecule has 0 aromatic heterocycles. The molecule has 1 unspecified atom stereocenters. The third kappa shape index (κ3) is 2.85. The minimum atomic E-state index is -0.0869. The first-order valence-corrected chi connectivity index (χ1v) is 5.01. The highest BCUT2D eigenvalue weighted by atomic mass is 16.4. The Kier molecular flexibility index (Phi) is 3.71. The smallest absolute Gasteiger partial charge is 0.140 e. The average Bonchev–Trinajstić information content (AvgIpc) is 2.97. The van der Waals surface area contributed by atoms with Crippen LogP contribution in [0.15, 0.2) is 5.16 Å². The Bertz CT molecular complexity index is 214. The molecule has 82 valence electrons. The van der Waals surface area contributed by atoms with Gasteiger partial charge < -0.3 is 21.4 Å². The van der Waals surface area contributed by atoms with E-state index in [2.05, 4.69) is 10.5 Å². The third-order valence-corrected chi connectivity index (χ3v) is 2.74. The molecule has 1 saturated carbocycles. The van der Waals surface area contributed by atoms with Gasteiger partial charge in [0.25, 0.3) is 0 Å². The van der Waals surface area contributed by atoms with Crippen molar-refractivity contribution >= 4 is 5.84 Å². The molecule has 0 bridgehead atoms. The van der Waals surface area contributed by atoms with Gasteiger partial charge in [0.15, 0.2) is 0 Å². The molecule has 0 heterocycles. The van der Waals surface area contributed by atoms with E-state index >= 15 is 0 Å². The molecule has 14 heavy (non-hydrogen) atoms. The highest BCUT2D eigenvalue weighted by molar-refractivity contribution is 5.80. The average molecular weight is 201 g/mol. The predicted octanol–water partition coefficient (Wildman–Crippen LogP) is 0.0160. The van der Waals surface area contributed by atoms with E-state index in [4.69, 9.17) is 16.0 Å². The van der Waals surface area contributed by atoms with Crippen LogP contribution >= 0.6 is 0 Å². The number of nitrogens with zero attached hydrogens (tertiary/aromatic N) is 1. The van der Waals surface area contributed by atoms with Crippen molar-refractivity contribution in [3.63, 3.8) is 0 Å². The van der Waals surface area contributed by atoms with E-state index < -0.39 is 0 Å². The van der Waals surface area contributed by atoms with Crippen LogP contribution < -0.4 is 11.1 Å². The van der Waals surface area contributed by atoms with Gasteiger partial charge in [-0.05, 0) is 19.3 Å². The van der Waals surface area contributed by atoms with Crippen molar-refractivity contribution in [3.8, 4) is 0 Å². The third-order valence-electron chi connectivity index (χ3n) is 2.74. The molecule has 5 nitrogen and oxygen atoms in total. The zero-order valence-corrected chi connectivity index (χ0v) is 8.53. The second kappa shape index (κ2) is 4.61. The van der Waals surface area contributed by atoms with Crippen LogP contribution in [0.4, 0.5) is 0 Å². The van der Waals surface area contributed by atoms with Gasteiger partial charge in [-0.3, -0.25) is 0 Å². The topological polar surface area (TPSA) is 90.9 Å². The maximum absolute atomic E-state index is 9.12. The number of nitrogens with one attached hydrogen (secondary N) is 1. The van der Waals surface area contributed by atoms with Gasteiger partial charge in [-0.1, -0.05) is 12.1 Å². The van der Waals surface area contributed by atoms with Crippen LogP contribution in [0.1, 0.15) is 32.6 Å². The monoisotopic (exact) mass is 201 g/mol. The number of amidine groups is 1. The van der Waals surface area contributed by atoms with Gasteiger partial charge in [-0.2, -0.15) is 0 Å². The summed E-state index contributed by atoms with van der Waals surface area (Å²) in [6.07, 6.45) is 3.44. The second-order valence-corrected chi connectivity index (χ2v) is 3.98. The highest BCUT2D eigenvalue weighted by Crippen LogP contribution is 2.35. The number of nitrogens with two attached hydrogens (primary N) is 1. The number of hydrogen-bond acceptors (Lipinski definition) is 4. The molecule has 0 amide bonds. The fourth-order valence-corrected chi connectivity index (χ4v) is 1.52. The summed E-state index contributed by atoms with van der Waals surface area (Å²) < 4.78 is 0. The van der Waals surface area contributed by atoms with Gasteiger partial charge >= 0.3 is 0 Å². The van der Waals surface area contributed by atoms with Crippen molar-refractivity contribution in [2.24, 2.45) is 10.9 Å². The van der Waals surface area contributed by atoms with E-state index in [-0.39, 0.29) is 24.0 Å². The molecule has 1 fully saturated rings. The van der Waals surface area contributed by atoms with E-state index in [0.717, 1.165) is 19.3 Å². The maximum Gasteiger partial charge on any atom is 0.140 e. The van der Waals surface area contributed by atoms with Crippen molar-refractivity contribution in [1.82, 2.24) is 5.32 Å². The van der Waals surface area contributed by atoms with Crippen molar-refractivity contribution in [2.45, 2.75) is 44.2 Å². The number of hydrogen-bond donors (Lipinski definition) is 4. The van der Waals surface area contributed by atoms with E-state index in [1.807, 2.05) is 6.92 Å². The molecule has 0 spiro atoms. The van der Waals surface area contributed by atoms with Gasteiger partial charge in [0.1, 0.15) is 5.84 Å². The first-order chi connectivity index (χ1) is 6.65. The molecule has 1 atom stereocenters. The van der Waals surface area contributed by atoms with E-state index in [9.17, 15) is 0 Å². The number of aliphatic hydroxyl groups is 1. The summed E-state index contributed by atoms with van der Waals surface area (Å²) in [7, 11) is 0. The van der Waals surface area contributed by atoms with Crippen LogP contribution in [-0.2, 0) is 0 Å². The van der Waals surface area contributed by atoms with Crippen molar-refractivity contribution in [2.75, 3.05) is 6.61 Å². The molecule has 1 aliphatic rings. The fourth-order valence-electron chi connectivity index (χ4n) is 1.52. The summed E-state index contributed by atoms with van der Waals surface area (Å²) >= 11 is 0. The van der Waals surface area contributed by atoms with Crippen LogP contribution in [0.3, 0.4) is 0 Å². The molecule has 0 aromatic rings. The Hall–Kier alpha value is -0.810. The lowest BCUT2D eigenvalue weighted by atomic mass is 10.1. The Balaban J connectivity index is 2.39. The SMILES string of the molecule is CCC(CC(N)=NO)NC1(CO)CC1. The molecule has 5 N–H and O–H groups in total. The van der Waals surface area contributed by atoms with E-state index in [0.29, 0.717) is 6.42 Å². The largest absolute Gasteiger partial charge is 0.409 e. The first-order valence-electron chi connectivity index (χ1n) is 5.01. The van der Waals surface area contributed by atoms with Crippen LogP contribution in [0.2, 0.25) is 0 Å². The van der Waals surface area contributed by atoms with Gasteiger partial charge in [0.2, 0.25) is 0 Å². The van der Waals surface area contributed by atoms with Crippen LogP contribution in [0.5, 0.6) is 0 Å². The Labute approximate surface area is 84.0 Å². The number of aliphatic hydroxyl groups excluding tert-OH is 1. The van der Waals surface area contributed by atoms with E-state index in [1.165, 1.54) is 0 Å². The first kappa shape index (κ1) is 11.3. The lowest BCUT2D eigenvalue weighted by Gasteiger charge is -2.22. The normalized spacial score (nSPS) is 22.0. The molecule has 0 radical (unpaired) electrons. The van der Waals surface area contributed by atoms with Gasteiger partial charge in [-0.15, -0.1) is 0 Å². The Morgan fingerprint density at radius 2 is 2.29 bits per heavy atom. The molecular formula is C9H19N3O2. The molecular weight excluding hydrogens is 182 g/mol. The zero-order chi connectivity index (χ0) is 10.6. The predicted molar refractivity (Wildman–Crippen MR) is 54.3 cm³/mol. The fraction of sp³-hybridized carbons (Fsp3) is 0.889. The van der Waals surface area contributed by atoms with Crippen molar-refractivity contribution in [1.29, 1.82) is 0 Å². The summed E-state index contributed by atoms with van der Waals surface area (Å²) in [5, 5.41) is 23.8. The molecule has 0 aliphatic heterocycles. The standard InChI is InChI=1S/C9H19N3O2/c1-2-7(5-8(10)12-14)11-9(6-13)3-4-9/h7,11,13-14H,2-6H2,1H3,(H2,10,12). The zero-order valence-electron chi connectivity index (χ0n) is 8.53. The molecule has 1 aliphatic carbocycles. The minimum absolute atomic E-state index is 0.0869. The summed E-state index contributed by atoms with van der Waals surface area (Å²) in [5.74, 6) is 0.234. The van der Waals surface area contributed by atoms with Crippen LogP contribution in [0, 0.1) is 0 Å². The lowest BCUT2D eigenvalue weighted by Crippen LogP contribution is -2.44. The van der Waals surface area contributed by atoms with Crippen LogP contribution in [0.25, 0.3) is 0 Å². The maximum atomic E-state index is 9.12. The van der Waals surface area contributed by atoms with Crippen molar-refractivity contribution in [3.05, 3.63) is 0 Å². The number of rotatable bonds is 6. The summed E-state index contributed by atoms with van der Waals surface area (Å²) in [6.45, 7) is 2.20. The van der Waals surface area contributed by atoms with Gasteiger partial charge in [-0.25, -0.2) is 0 Å². The second-order valence-electron chi connectivity index (χ2n) is 3.98. The summed E-state index contributed by atoms with van der Waals surface area (Å²) in [4.78, 5) is 0. The molecule has 5 heteroatoms. The Morgan fingerprint density at radius 1 is 1.64 bits per heavy atom.